The van der Waals surface area contributed by atoms with Gasteiger partial charge in [0, 0.05) is 5.39 Å². The van der Waals surface area contributed by atoms with Crippen LogP contribution in [-0.4, -0.2) is 20.0 Å². The van der Waals surface area contributed by atoms with Gasteiger partial charge >= 0.3 is 0 Å². The molecule has 0 aliphatic heterocycles. The second-order valence-corrected chi connectivity index (χ2v) is 4.57. The van der Waals surface area contributed by atoms with Gasteiger partial charge in [-0.15, -0.1) is 5.10 Å². The molecule has 4 rings (SSSR count). The molecule has 2 aromatic heterocycles. The van der Waals surface area contributed by atoms with Crippen molar-refractivity contribution in [2.45, 2.75) is 0 Å². The minimum atomic E-state index is 0.583. The predicted octanol–water partition coefficient (Wildman–Crippen LogP) is 2.55. The molecule has 2 heterocycles. The fourth-order valence-corrected chi connectivity index (χ4v) is 2.41. The van der Waals surface area contributed by atoms with Crippen LogP contribution in [0.1, 0.15) is 0 Å². The topological polar surface area (TPSA) is 69.6 Å². The van der Waals surface area contributed by atoms with Gasteiger partial charge in [-0.25, -0.2) is 4.68 Å². The number of hydrogen-bond acceptors (Lipinski definition) is 4. The van der Waals surface area contributed by atoms with Crippen molar-refractivity contribution in [3.05, 3.63) is 54.7 Å². The first-order valence-corrected chi connectivity index (χ1v) is 6.28. The molecular formula is C15H11N5. The SMILES string of the molecule is Nc1cnc2ccccc2c1-n1nnc2ccccc21. The van der Waals surface area contributed by atoms with E-state index in [2.05, 4.69) is 15.3 Å². The van der Waals surface area contributed by atoms with Crippen LogP contribution in [0.25, 0.3) is 27.6 Å². The number of nitrogens with two attached hydrogens (primary N) is 1. The Morgan fingerprint density at radius 1 is 0.900 bits per heavy atom. The van der Waals surface area contributed by atoms with Gasteiger partial charge in [-0.05, 0) is 18.2 Å². The molecule has 0 unspecified atom stereocenters. The van der Waals surface area contributed by atoms with Gasteiger partial charge in [0.2, 0.25) is 0 Å². The Kier molecular flexibility index (Phi) is 2.20. The molecular weight excluding hydrogens is 250 g/mol. The minimum Gasteiger partial charge on any atom is -0.396 e. The van der Waals surface area contributed by atoms with E-state index in [9.17, 15) is 0 Å². The van der Waals surface area contributed by atoms with E-state index in [0.29, 0.717) is 5.69 Å². The second kappa shape index (κ2) is 4.03. The van der Waals surface area contributed by atoms with Crippen molar-refractivity contribution in [2.75, 3.05) is 5.73 Å². The molecule has 96 valence electrons. The molecule has 2 aromatic carbocycles. The van der Waals surface area contributed by atoms with Gasteiger partial charge in [-0.3, -0.25) is 4.98 Å². The molecule has 20 heavy (non-hydrogen) atoms. The van der Waals surface area contributed by atoms with Crippen molar-refractivity contribution in [3.8, 4) is 5.69 Å². The second-order valence-electron chi connectivity index (χ2n) is 4.57. The molecule has 2 N–H and O–H groups in total. The van der Waals surface area contributed by atoms with E-state index >= 15 is 0 Å². The molecule has 0 aliphatic carbocycles. The van der Waals surface area contributed by atoms with Crippen molar-refractivity contribution in [1.29, 1.82) is 0 Å². The predicted molar refractivity (Wildman–Crippen MR) is 78.6 cm³/mol. The first-order chi connectivity index (χ1) is 9.84. The van der Waals surface area contributed by atoms with Gasteiger partial charge in [0.25, 0.3) is 0 Å². The third kappa shape index (κ3) is 1.46. The largest absolute Gasteiger partial charge is 0.396 e. The Morgan fingerprint density at radius 2 is 1.65 bits per heavy atom. The number of para-hydroxylation sites is 2. The number of fused-ring (bicyclic) bond motifs is 2. The van der Waals surface area contributed by atoms with Crippen molar-refractivity contribution in [2.24, 2.45) is 0 Å². The number of anilines is 1. The van der Waals surface area contributed by atoms with E-state index in [4.69, 9.17) is 5.73 Å². The zero-order chi connectivity index (χ0) is 13.5. The number of rotatable bonds is 1. The molecule has 0 saturated carbocycles. The lowest BCUT2D eigenvalue weighted by Gasteiger charge is -2.09. The summed E-state index contributed by atoms with van der Waals surface area (Å²) in [4.78, 5) is 4.34. The van der Waals surface area contributed by atoms with Crippen LogP contribution in [-0.2, 0) is 0 Å². The lowest BCUT2D eigenvalue weighted by Crippen LogP contribution is -2.03. The summed E-state index contributed by atoms with van der Waals surface area (Å²) >= 11 is 0. The Bertz CT molecular complexity index is 926. The van der Waals surface area contributed by atoms with E-state index in [-0.39, 0.29) is 0 Å². The zero-order valence-electron chi connectivity index (χ0n) is 10.6. The Labute approximate surface area is 114 Å². The smallest absolute Gasteiger partial charge is 0.113 e. The van der Waals surface area contributed by atoms with Crippen molar-refractivity contribution in [1.82, 2.24) is 20.0 Å². The number of nitrogens with zero attached hydrogens (tertiary/aromatic N) is 4. The Morgan fingerprint density at radius 3 is 2.55 bits per heavy atom. The summed E-state index contributed by atoms with van der Waals surface area (Å²) in [6.07, 6.45) is 1.66. The van der Waals surface area contributed by atoms with Crippen LogP contribution in [0, 0.1) is 0 Å². The minimum absolute atomic E-state index is 0.583. The fraction of sp³-hybridized carbons (Fsp3) is 0. The monoisotopic (exact) mass is 261 g/mol. The lowest BCUT2D eigenvalue weighted by molar-refractivity contribution is 0.829. The number of aromatic nitrogens is 4. The molecule has 0 radical (unpaired) electrons. The highest BCUT2D eigenvalue weighted by Gasteiger charge is 2.12. The van der Waals surface area contributed by atoms with Gasteiger partial charge in [0.05, 0.1) is 22.9 Å². The van der Waals surface area contributed by atoms with Crippen LogP contribution in [0.15, 0.2) is 54.7 Å². The average molecular weight is 261 g/mol. The molecule has 0 amide bonds. The highest BCUT2D eigenvalue weighted by Crippen LogP contribution is 2.27. The van der Waals surface area contributed by atoms with E-state index in [1.165, 1.54) is 0 Å². The molecule has 5 nitrogen and oxygen atoms in total. The number of nitrogen functional groups attached to an aromatic ring is 1. The van der Waals surface area contributed by atoms with Crippen LogP contribution in [0.3, 0.4) is 0 Å². The van der Waals surface area contributed by atoms with Crippen LogP contribution >= 0.6 is 0 Å². The molecule has 0 spiro atoms. The highest BCUT2D eigenvalue weighted by atomic mass is 15.4. The van der Waals surface area contributed by atoms with Crippen LogP contribution in [0.2, 0.25) is 0 Å². The summed E-state index contributed by atoms with van der Waals surface area (Å²) in [6.45, 7) is 0. The molecule has 0 atom stereocenters. The van der Waals surface area contributed by atoms with Gasteiger partial charge in [-0.1, -0.05) is 35.5 Å². The summed E-state index contributed by atoms with van der Waals surface area (Å²) in [7, 11) is 0. The lowest BCUT2D eigenvalue weighted by atomic mass is 10.1. The van der Waals surface area contributed by atoms with Crippen molar-refractivity contribution < 1.29 is 0 Å². The molecule has 0 saturated heterocycles. The van der Waals surface area contributed by atoms with Crippen LogP contribution in [0.5, 0.6) is 0 Å². The molecule has 0 aliphatic rings. The summed E-state index contributed by atoms with van der Waals surface area (Å²) in [5, 5.41) is 9.38. The van der Waals surface area contributed by atoms with E-state index in [1.54, 1.807) is 10.9 Å². The summed E-state index contributed by atoms with van der Waals surface area (Å²) in [5.41, 5.74) is 10.2. The van der Waals surface area contributed by atoms with Gasteiger partial charge < -0.3 is 5.73 Å². The zero-order valence-corrected chi connectivity index (χ0v) is 10.6. The third-order valence-electron chi connectivity index (χ3n) is 3.34. The number of hydrogen-bond donors (Lipinski definition) is 1. The molecule has 4 aromatic rings. The Hall–Kier alpha value is -2.95. The maximum absolute atomic E-state index is 6.12. The van der Waals surface area contributed by atoms with Crippen molar-refractivity contribution >= 4 is 27.6 Å². The quantitative estimate of drug-likeness (QED) is 0.571. The average Bonchev–Trinajstić information content (AvgIpc) is 2.91. The van der Waals surface area contributed by atoms with E-state index < -0.39 is 0 Å². The molecule has 0 bridgehead atoms. The fourth-order valence-electron chi connectivity index (χ4n) is 2.41. The van der Waals surface area contributed by atoms with Crippen LogP contribution < -0.4 is 5.73 Å². The number of benzene rings is 2. The number of pyridine rings is 1. The summed E-state index contributed by atoms with van der Waals surface area (Å²) in [6, 6.07) is 15.7. The maximum atomic E-state index is 6.12. The van der Waals surface area contributed by atoms with Gasteiger partial charge in [0.15, 0.2) is 0 Å². The van der Waals surface area contributed by atoms with Gasteiger partial charge in [-0.2, -0.15) is 0 Å². The first-order valence-electron chi connectivity index (χ1n) is 6.28. The van der Waals surface area contributed by atoms with Gasteiger partial charge in [0.1, 0.15) is 11.2 Å². The summed E-state index contributed by atoms with van der Waals surface area (Å²) in [5.74, 6) is 0. The summed E-state index contributed by atoms with van der Waals surface area (Å²) < 4.78 is 1.77. The maximum Gasteiger partial charge on any atom is 0.113 e. The van der Waals surface area contributed by atoms with Crippen molar-refractivity contribution in [3.63, 3.8) is 0 Å². The highest BCUT2D eigenvalue weighted by molar-refractivity contribution is 5.94. The van der Waals surface area contributed by atoms with E-state index in [1.807, 2.05) is 48.5 Å². The Balaban J connectivity index is 2.14. The normalized spacial score (nSPS) is 11.2. The van der Waals surface area contributed by atoms with E-state index in [0.717, 1.165) is 27.6 Å². The first kappa shape index (κ1) is 10.9. The molecule has 5 heteroatoms. The third-order valence-corrected chi connectivity index (χ3v) is 3.34. The molecule has 0 fully saturated rings. The standard InChI is InChI=1S/C15H11N5/c16-11-9-17-12-6-2-1-5-10(12)15(11)20-14-8-4-3-7-13(14)18-19-20/h1-9H,16H2. The van der Waals surface area contributed by atoms with Crippen LogP contribution in [0.4, 0.5) is 5.69 Å².